The Morgan fingerprint density at radius 2 is 2.04 bits per heavy atom. The van der Waals surface area contributed by atoms with Crippen molar-refractivity contribution in [3.63, 3.8) is 0 Å². The van der Waals surface area contributed by atoms with E-state index < -0.39 is 0 Å². The topological polar surface area (TPSA) is 66.0 Å². The number of aliphatic imine (C=N–C) groups is 1. The van der Waals surface area contributed by atoms with Crippen LogP contribution in [-0.2, 0) is 22.6 Å². The van der Waals surface area contributed by atoms with Crippen LogP contribution in [0.5, 0.6) is 0 Å². The quantitative estimate of drug-likeness (QED) is 0.407. The highest BCUT2D eigenvalue weighted by atomic mass is 16.5. The molecular weight excluding hydrogens is 316 g/mol. The summed E-state index contributed by atoms with van der Waals surface area (Å²) in [5, 5.41) is 6.52. The van der Waals surface area contributed by atoms with Crippen molar-refractivity contribution >= 4 is 11.9 Å². The van der Waals surface area contributed by atoms with Gasteiger partial charge in [-0.05, 0) is 31.4 Å². The van der Waals surface area contributed by atoms with Gasteiger partial charge in [0.25, 0.3) is 0 Å². The number of amides is 1. The highest BCUT2D eigenvalue weighted by molar-refractivity contribution is 5.79. The predicted molar refractivity (Wildman–Crippen MR) is 100 cm³/mol. The molecule has 2 rings (SSSR count). The third kappa shape index (κ3) is 6.38. The molecule has 0 unspecified atom stereocenters. The van der Waals surface area contributed by atoms with Gasteiger partial charge in [-0.25, -0.2) is 4.99 Å². The van der Waals surface area contributed by atoms with Gasteiger partial charge in [0.1, 0.15) is 0 Å². The molecule has 0 atom stereocenters. The van der Waals surface area contributed by atoms with E-state index >= 15 is 0 Å². The zero-order valence-electron chi connectivity index (χ0n) is 15.4. The number of rotatable bonds is 9. The first-order valence-corrected chi connectivity index (χ1v) is 9.19. The summed E-state index contributed by atoms with van der Waals surface area (Å²) in [6, 6.07) is 8.22. The summed E-state index contributed by atoms with van der Waals surface area (Å²) in [4.78, 5) is 18.5. The lowest BCUT2D eigenvalue weighted by molar-refractivity contribution is -0.128. The molecule has 1 aliphatic heterocycles. The molecule has 25 heavy (non-hydrogen) atoms. The highest BCUT2D eigenvalue weighted by Gasteiger charge is 2.20. The summed E-state index contributed by atoms with van der Waals surface area (Å²) in [6.45, 7) is 9.08. The van der Waals surface area contributed by atoms with E-state index in [0.29, 0.717) is 26.1 Å². The van der Waals surface area contributed by atoms with Crippen molar-refractivity contribution in [3.8, 4) is 0 Å². The van der Waals surface area contributed by atoms with E-state index in [2.05, 4.69) is 27.8 Å². The van der Waals surface area contributed by atoms with Gasteiger partial charge in [-0.15, -0.1) is 0 Å². The number of benzene rings is 1. The molecule has 2 N–H and O–H groups in total. The number of likely N-dealkylation sites (tertiary alicyclic amines) is 1. The maximum atomic E-state index is 11.9. The first-order chi connectivity index (χ1) is 12.2. The van der Waals surface area contributed by atoms with Crippen LogP contribution in [0.4, 0.5) is 0 Å². The molecule has 0 saturated carbocycles. The van der Waals surface area contributed by atoms with E-state index in [1.807, 2.05) is 30.9 Å². The molecular formula is C19H30N4O2. The van der Waals surface area contributed by atoms with Crippen LogP contribution in [0, 0.1) is 0 Å². The molecule has 0 aliphatic carbocycles. The van der Waals surface area contributed by atoms with Gasteiger partial charge in [-0.2, -0.15) is 0 Å². The third-order valence-corrected chi connectivity index (χ3v) is 4.15. The van der Waals surface area contributed by atoms with Gasteiger partial charge in [0.2, 0.25) is 5.91 Å². The van der Waals surface area contributed by atoms with Crippen molar-refractivity contribution in [2.24, 2.45) is 4.99 Å². The zero-order chi connectivity index (χ0) is 17.9. The highest BCUT2D eigenvalue weighted by Crippen LogP contribution is 2.17. The lowest BCUT2D eigenvalue weighted by Gasteiger charge is -2.18. The van der Waals surface area contributed by atoms with Gasteiger partial charge in [0.05, 0.1) is 13.2 Å². The minimum atomic E-state index is 0.254. The number of nitrogens with one attached hydrogen (secondary N) is 2. The Morgan fingerprint density at radius 1 is 1.24 bits per heavy atom. The summed E-state index contributed by atoms with van der Waals surface area (Å²) in [5.74, 6) is 1.04. The number of carbonyl (C=O) groups excluding carboxylic acids is 1. The van der Waals surface area contributed by atoms with Crippen molar-refractivity contribution < 1.29 is 9.53 Å². The number of hydrogen-bond acceptors (Lipinski definition) is 3. The van der Waals surface area contributed by atoms with Crippen LogP contribution < -0.4 is 10.6 Å². The second-order valence-electron chi connectivity index (χ2n) is 6.01. The molecule has 138 valence electrons. The van der Waals surface area contributed by atoms with Crippen LogP contribution in [0.15, 0.2) is 29.3 Å². The normalized spacial score (nSPS) is 14.9. The summed E-state index contributed by atoms with van der Waals surface area (Å²) in [6.07, 6.45) is 1.64. The second-order valence-corrected chi connectivity index (χ2v) is 6.01. The van der Waals surface area contributed by atoms with E-state index in [1.165, 1.54) is 5.56 Å². The Balaban J connectivity index is 1.98. The summed E-state index contributed by atoms with van der Waals surface area (Å²) in [7, 11) is 0. The SMILES string of the molecule is CCNC(=NCc1ccccc1CN1CCCC1=O)NCCOCC. The van der Waals surface area contributed by atoms with Crippen LogP contribution in [0.25, 0.3) is 0 Å². The van der Waals surface area contributed by atoms with E-state index in [-0.39, 0.29) is 5.91 Å². The Bertz CT molecular complexity index is 574. The second kappa shape index (κ2) is 10.7. The number of carbonyl (C=O) groups is 1. The van der Waals surface area contributed by atoms with Gasteiger partial charge in [-0.1, -0.05) is 24.3 Å². The first kappa shape index (κ1) is 19.2. The zero-order valence-corrected chi connectivity index (χ0v) is 15.4. The molecule has 1 fully saturated rings. The van der Waals surface area contributed by atoms with Crippen molar-refractivity contribution in [1.82, 2.24) is 15.5 Å². The van der Waals surface area contributed by atoms with Crippen molar-refractivity contribution in [1.29, 1.82) is 0 Å². The molecule has 6 heteroatoms. The van der Waals surface area contributed by atoms with E-state index in [4.69, 9.17) is 4.74 Å². The average Bonchev–Trinajstić information content (AvgIpc) is 3.02. The average molecular weight is 346 g/mol. The molecule has 0 spiro atoms. The fraction of sp³-hybridized carbons (Fsp3) is 0.579. The number of hydrogen-bond donors (Lipinski definition) is 2. The molecule has 1 aromatic carbocycles. The Kier molecular flexibility index (Phi) is 8.25. The largest absolute Gasteiger partial charge is 0.380 e. The van der Waals surface area contributed by atoms with Gasteiger partial charge in [-0.3, -0.25) is 4.79 Å². The molecule has 1 heterocycles. The van der Waals surface area contributed by atoms with Crippen LogP contribution in [-0.4, -0.2) is 49.6 Å². The molecule has 6 nitrogen and oxygen atoms in total. The van der Waals surface area contributed by atoms with E-state index in [1.54, 1.807) is 0 Å². The van der Waals surface area contributed by atoms with E-state index in [0.717, 1.165) is 44.2 Å². The molecule has 1 amide bonds. The summed E-state index contributed by atoms with van der Waals surface area (Å²) >= 11 is 0. The number of nitrogens with zero attached hydrogens (tertiary/aromatic N) is 2. The van der Waals surface area contributed by atoms with Crippen LogP contribution in [0.3, 0.4) is 0 Å². The lowest BCUT2D eigenvalue weighted by atomic mass is 10.1. The van der Waals surface area contributed by atoms with Crippen LogP contribution >= 0.6 is 0 Å². The smallest absolute Gasteiger partial charge is 0.222 e. The molecule has 0 bridgehead atoms. The fourth-order valence-electron chi connectivity index (χ4n) is 2.83. The standard InChI is InChI=1S/C19H30N4O2/c1-3-20-19(21-11-13-25-4-2)22-14-16-8-5-6-9-17(16)15-23-12-7-10-18(23)24/h5-6,8-9H,3-4,7,10-15H2,1-2H3,(H2,20,21,22). The predicted octanol–water partition coefficient (Wildman–Crippen LogP) is 1.90. The Hall–Kier alpha value is -2.08. The molecule has 0 aromatic heterocycles. The van der Waals surface area contributed by atoms with Crippen molar-refractivity contribution in [3.05, 3.63) is 35.4 Å². The summed E-state index contributed by atoms with van der Waals surface area (Å²) in [5.41, 5.74) is 2.33. The van der Waals surface area contributed by atoms with Crippen molar-refractivity contribution in [2.75, 3.05) is 32.8 Å². The molecule has 0 radical (unpaired) electrons. The van der Waals surface area contributed by atoms with Crippen molar-refractivity contribution in [2.45, 2.75) is 39.8 Å². The summed E-state index contributed by atoms with van der Waals surface area (Å²) < 4.78 is 5.35. The van der Waals surface area contributed by atoms with Crippen LogP contribution in [0.1, 0.15) is 37.8 Å². The lowest BCUT2D eigenvalue weighted by Crippen LogP contribution is -2.39. The first-order valence-electron chi connectivity index (χ1n) is 9.19. The molecule has 1 aromatic rings. The number of ether oxygens (including phenoxy) is 1. The Labute approximate surface area is 150 Å². The Morgan fingerprint density at radius 3 is 2.72 bits per heavy atom. The van der Waals surface area contributed by atoms with Gasteiger partial charge in [0.15, 0.2) is 5.96 Å². The monoisotopic (exact) mass is 346 g/mol. The van der Waals surface area contributed by atoms with Gasteiger partial charge < -0.3 is 20.3 Å². The molecule has 1 aliphatic rings. The number of guanidine groups is 1. The fourth-order valence-corrected chi connectivity index (χ4v) is 2.83. The maximum Gasteiger partial charge on any atom is 0.222 e. The molecule has 1 saturated heterocycles. The van der Waals surface area contributed by atoms with E-state index in [9.17, 15) is 4.79 Å². The van der Waals surface area contributed by atoms with Gasteiger partial charge in [0, 0.05) is 39.2 Å². The minimum Gasteiger partial charge on any atom is -0.380 e. The third-order valence-electron chi connectivity index (χ3n) is 4.15. The van der Waals surface area contributed by atoms with Gasteiger partial charge >= 0.3 is 0 Å². The maximum absolute atomic E-state index is 11.9. The minimum absolute atomic E-state index is 0.254. The van der Waals surface area contributed by atoms with Crippen LogP contribution in [0.2, 0.25) is 0 Å².